The summed E-state index contributed by atoms with van der Waals surface area (Å²) >= 11 is 0. The largest absolute Gasteiger partial charge is 0.324 e. The van der Waals surface area contributed by atoms with Crippen molar-refractivity contribution in [3.05, 3.63) is 42.5 Å². The quantitative estimate of drug-likeness (QED) is 0.835. The highest BCUT2D eigenvalue weighted by atomic mass is 32.2. The summed E-state index contributed by atoms with van der Waals surface area (Å²) in [6, 6.07) is 13.4. The molecule has 2 aromatic rings. The van der Waals surface area contributed by atoms with Crippen LogP contribution in [0.15, 0.2) is 42.5 Å². The van der Waals surface area contributed by atoms with Crippen LogP contribution in [0.25, 0.3) is 10.8 Å². The molecule has 130 valence electrons. The zero-order valence-electron chi connectivity index (χ0n) is 14.3. The Balaban J connectivity index is 2.02. The molecule has 2 aromatic carbocycles. The number of hydrogen-bond acceptors (Lipinski definition) is 4. The standard InChI is InChI=1S/C18H24N2O3S/c1-4-24(22,23)13-14(2)20(3)12-18(21)19-17-11-7-9-15-8-5-6-10-16(15)17/h5-11,14H,4,12-13H2,1-3H3,(H,19,21)/t14-/m1/s1. The monoisotopic (exact) mass is 348 g/mol. The fourth-order valence-corrected chi connectivity index (χ4v) is 3.74. The van der Waals surface area contributed by atoms with Gasteiger partial charge in [-0.05, 0) is 25.4 Å². The molecule has 0 saturated carbocycles. The van der Waals surface area contributed by atoms with Crippen molar-refractivity contribution in [3.8, 4) is 0 Å². The van der Waals surface area contributed by atoms with Crippen molar-refractivity contribution in [3.63, 3.8) is 0 Å². The third-order valence-electron chi connectivity index (χ3n) is 4.14. The number of hydrogen-bond donors (Lipinski definition) is 1. The van der Waals surface area contributed by atoms with Crippen LogP contribution < -0.4 is 5.32 Å². The van der Waals surface area contributed by atoms with E-state index in [4.69, 9.17) is 0 Å². The number of likely N-dealkylation sites (N-methyl/N-ethyl adjacent to an activating group) is 1. The topological polar surface area (TPSA) is 66.5 Å². The van der Waals surface area contributed by atoms with E-state index in [1.807, 2.05) is 49.4 Å². The van der Waals surface area contributed by atoms with E-state index in [2.05, 4.69) is 5.32 Å². The highest BCUT2D eigenvalue weighted by molar-refractivity contribution is 7.91. The van der Waals surface area contributed by atoms with Crippen LogP contribution in [0, 0.1) is 0 Å². The highest BCUT2D eigenvalue weighted by Gasteiger charge is 2.19. The predicted octanol–water partition coefficient (Wildman–Crippen LogP) is 2.53. The Bertz CT molecular complexity index is 813. The van der Waals surface area contributed by atoms with Gasteiger partial charge in [-0.25, -0.2) is 8.42 Å². The number of benzene rings is 2. The van der Waals surface area contributed by atoms with E-state index in [9.17, 15) is 13.2 Å². The first-order valence-electron chi connectivity index (χ1n) is 8.00. The van der Waals surface area contributed by atoms with Crippen LogP contribution in [0.4, 0.5) is 5.69 Å². The predicted molar refractivity (Wildman–Crippen MR) is 99.0 cm³/mol. The highest BCUT2D eigenvalue weighted by Crippen LogP contribution is 2.22. The van der Waals surface area contributed by atoms with Gasteiger partial charge in [-0.1, -0.05) is 43.3 Å². The van der Waals surface area contributed by atoms with Gasteiger partial charge < -0.3 is 5.32 Å². The number of carbonyl (C=O) groups excluding carboxylic acids is 1. The zero-order valence-corrected chi connectivity index (χ0v) is 15.1. The summed E-state index contributed by atoms with van der Waals surface area (Å²) in [6.07, 6.45) is 0. The van der Waals surface area contributed by atoms with Crippen LogP contribution in [0.2, 0.25) is 0 Å². The van der Waals surface area contributed by atoms with E-state index in [0.29, 0.717) is 0 Å². The van der Waals surface area contributed by atoms with E-state index in [1.165, 1.54) is 0 Å². The van der Waals surface area contributed by atoms with E-state index >= 15 is 0 Å². The summed E-state index contributed by atoms with van der Waals surface area (Å²) in [6.45, 7) is 3.59. The summed E-state index contributed by atoms with van der Waals surface area (Å²) in [5, 5.41) is 4.96. The molecular weight excluding hydrogens is 324 g/mol. The van der Waals surface area contributed by atoms with Crippen LogP contribution >= 0.6 is 0 Å². The van der Waals surface area contributed by atoms with E-state index < -0.39 is 9.84 Å². The number of anilines is 1. The average molecular weight is 348 g/mol. The maximum absolute atomic E-state index is 12.3. The molecule has 5 nitrogen and oxygen atoms in total. The van der Waals surface area contributed by atoms with Crippen LogP contribution in [0.1, 0.15) is 13.8 Å². The Kier molecular flexibility index (Phi) is 5.96. The average Bonchev–Trinajstić information content (AvgIpc) is 2.54. The second kappa shape index (κ2) is 7.77. The number of fused-ring (bicyclic) bond motifs is 1. The second-order valence-electron chi connectivity index (χ2n) is 6.04. The van der Waals surface area contributed by atoms with Gasteiger partial charge in [0.1, 0.15) is 0 Å². The third-order valence-corrected chi connectivity index (χ3v) is 6.01. The van der Waals surface area contributed by atoms with Gasteiger partial charge in [0.2, 0.25) is 5.91 Å². The Morgan fingerprint density at radius 2 is 1.83 bits per heavy atom. The Morgan fingerprint density at radius 1 is 1.17 bits per heavy atom. The lowest BCUT2D eigenvalue weighted by molar-refractivity contribution is -0.117. The minimum absolute atomic E-state index is 0.0571. The SMILES string of the molecule is CCS(=O)(=O)C[C@@H](C)N(C)CC(=O)Nc1cccc2ccccc12. The molecule has 0 radical (unpaired) electrons. The first kappa shape index (κ1) is 18.4. The molecule has 1 amide bonds. The summed E-state index contributed by atoms with van der Waals surface area (Å²) in [5.41, 5.74) is 0.764. The molecule has 1 atom stereocenters. The smallest absolute Gasteiger partial charge is 0.238 e. The van der Waals surface area contributed by atoms with Crippen molar-refractivity contribution in [2.45, 2.75) is 19.9 Å². The molecule has 0 heterocycles. The molecule has 0 saturated heterocycles. The second-order valence-corrected chi connectivity index (χ2v) is 8.44. The normalized spacial score (nSPS) is 13.2. The molecule has 6 heteroatoms. The van der Waals surface area contributed by atoms with Gasteiger partial charge in [0.25, 0.3) is 0 Å². The van der Waals surface area contributed by atoms with Gasteiger partial charge in [0, 0.05) is 22.9 Å². The van der Waals surface area contributed by atoms with E-state index in [1.54, 1.807) is 18.9 Å². The van der Waals surface area contributed by atoms with Crippen molar-refractivity contribution in [1.29, 1.82) is 0 Å². The van der Waals surface area contributed by atoms with Crippen LogP contribution in [-0.2, 0) is 14.6 Å². The Morgan fingerprint density at radius 3 is 2.54 bits per heavy atom. The number of carbonyl (C=O) groups is 1. The van der Waals surface area contributed by atoms with Crippen molar-refractivity contribution in [2.75, 3.05) is 30.4 Å². The number of sulfone groups is 1. The third kappa shape index (κ3) is 4.79. The molecular formula is C18H24N2O3S. The zero-order chi connectivity index (χ0) is 17.7. The molecule has 0 fully saturated rings. The first-order chi connectivity index (χ1) is 11.3. The van der Waals surface area contributed by atoms with Crippen LogP contribution in [0.5, 0.6) is 0 Å². The van der Waals surface area contributed by atoms with Gasteiger partial charge in [0.15, 0.2) is 9.84 Å². The van der Waals surface area contributed by atoms with Crippen molar-refractivity contribution >= 4 is 32.2 Å². The molecule has 0 aromatic heterocycles. The summed E-state index contributed by atoms with van der Waals surface area (Å²) in [5.74, 6) is 0.0177. The molecule has 0 unspecified atom stereocenters. The van der Waals surface area contributed by atoms with Crippen LogP contribution in [-0.4, -0.2) is 50.4 Å². The summed E-state index contributed by atoms with van der Waals surface area (Å²) < 4.78 is 23.4. The van der Waals surface area contributed by atoms with Gasteiger partial charge >= 0.3 is 0 Å². The molecule has 0 bridgehead atoms. The van der Waals surface area contributed by atoms with E-state index in [-0.39, 0.29) is 30.0 Å². The number of nitrogens with zero attached hydrogens (tertiary/aromatic N) is 1. The maximum atomic E-state index is 12.3. The van der Waals surface area contributed by atoms with Crippen molar-refractivity contribution < 1.29 is 13.2 Å². The fraction of sp³-hybridized carbons (Fsp3) is 0.389. The summed E-state index contributed by atoms with van der Waals surface area (Å²) in [7, 11) is -1.30. The molecule has 0 aliphatic heterocycles. The van der Waals surface area contributed by atoms with E-state index in [0.717, 1.165) is 16.5 Å². The lowest BCUT2D eigenvalue weighted by Crippen LogP contribution is -2.40. The minimum atomic E-state index is -3.06. The molecule has 0 spiro atoms. The minimum Gasteiger partial charge on any atom is -0.324 e. The fourth-order valence-electron chi connectivity index (χ4n) is 2.52. The Hall–Kier alpha value is -1.92. The lowest BCUT2D eigenvalue weighted by atomic mass is 10.1. The van der Waals surface area contributed by atoms with Crippen molar-refractivity contribution in [1.82, 2.24) is 4.90 Å². The molecule has 0 aliphatic rings. The lowest BCUT2D eigenvalue weighted by Gasteiger charge is -2.23. The van der Waals surface area contributed by atoms with Gasteiger partial charge in [-0.15, -0.1) is 0 Å². The number of amides is 1. The maximum Gasteiger partial charge on any atom is 0.238 e. The van der Waals surface area contributed by atoms with Gasteiger partial charge in [-0.3, -0.25) is 9.69 Å². The van der Waals surface area contributed by atoms with Gasteiger partial charge in [-0.2, -0.15) is 0 Å². The molecule has 0 aliphatic carbocycles. The molecule has 2 rings (SSSR count). The number of nitrogens with one attached hydrogen (secondary N) is 1. The Labute approximate surface area is 143 Å². The number of rotatable bonds is 7. The van der Waals surface area contributed by atoms with Crippen molar-refractivity contribution in [2.24, 2.45) is 0 Å². The van der Waals surface area contributed by atoms with Gasteiger partial charge in [0.05, 0.1) is 12.3 Å². The molecule has 1 N–H and O–H groups in total. The first-order valence-corrected chi connectivity index (χ1v) is 9.83. The van der Waals surface area contributed by atoms with Crippen LogP contribution in [0.3, 0.4) is 0 Å². The summed E-state index contributed by atoms with van der Waals surface area (Å²) in [4.78, 5) is 14.1. The molecule has 24 heavy (non-hydrogen) atoms.